The van der Waals surface area contributed by atoms with Crippen molar-refractivity contribution in [3.63, 3.8) is 0 Å². The van der Waals surface area contributed by atoms with Crippen LogP contribution in [-0.4, -0.2) is 17.8 Å². The first-order chi connectivity index (χ1) is 15.3. The number of rotatable bonds is 6. The number of halogens is 1. The summed E-state index contributed by atoms with van der Waals surface area (Å²) < 4.78 is 25.6. The fraction of sp³-hybridized carbons (Fsp3) is 0.259. The second kappa shape index (κ2) is 8.67. The maximum atomic E-state index is 13.9. The molecular formula is C27H28FNO3. The number of aliphatic hydroxyl groups is 1. The first-order valence-electron chi connectivity index (χ1n) is 10.6. The summed E-state index contributed by atoms with van der Waals surface area (Å²) >= 11 is 0. The Kier molecular flexibility index (Phi) is 5.94. The van der Waals surface area contributed by atoms with Crippen LogP contribution in [0.4, 0.5) is 10.1 Å². The summed E-state index contributed by atoms with van der Waals surface area (Å²) in [6.07, 6.45) is 2.20. The number of para-hydroxylation sites is 1. The highest BCUT2D eigenvalue weighted by atomic mass is 19.1. The smallest absolute Gasteiger partial charge is 0.129 e. The number of anilines is 1. The molecule has 0 unspecified atom stereocenters. The van der Waals surface area contributed by atoms with Gasteiger partial charge in [0.2, 0.25) is 0 Å². The second-order valence-electron chi connectivity index (χ2n) is 8.59. The monoisotopic (exact) mass is 433 g/mol. The van der Waals surface area contributed by atoms with E-state index in [1.165, 1.54) is 12.1 Å². The van der Waals surface area contributed by atoms with Gasteiger partial charge >= 0.3 is 0 Å². The average Bonchev–Trinajstić information content (AvgIpc) is 2.76. The van der Waals surface area contributed by atoms with E-state index in [9.17, 15) is 9.50 Å². The molecule has 0 aromatic heterocycles. The molecule has 0 saturated heterocycles. The van der Waals surface area contributed by atoms with Crippen molar-refractivity contribution in [2.45, 2.75) is 39.5 Å². The van der Waals surface area contributed by atoms with Crippen LogP contribution in [0.15, 0.2) is 60.7 Å². The van der Waals surface area contributed by atoms with Crippen molar-refractivity contribution in [1.29, 1.82) is 0 Å². The van der Waals surface area contributed by atoms with Crippen molar-refractivity contribution in [2.24, 2.45) is 0 Å². The largest absolute Gasteiger partial charge is 0.496 e. The number of hydrogen-bond acceptors (Lipinski definition) is 4. The molecule has 0 radical (unpaired) electrons. The molecule has 1 aliphatic rings. The third-order valence-corrected chi connectivity index (χ3v) is 5.71. The number of methoxy groups -OCH3 is 1. The highest BCUT2D eigenvalue weighted by Crippen LogP contribution is 2.43. The van der Waals surface area contributed by atoms with Crippen LogP contribution in [0, 0.1) is 5.82 Å². The van der Waals surface area contributed by atoms with E-state index < -0.39 is 0 Å². The lowest BCUT2D eigenvalue weighted by atomic mass is 9.85. The fourth-order valence-corrected chi connectivity index (χ4v) is 4.41. The van der Waals surface area contributed by atoms with Crippen molar-refractivity contribution in [2.75, 3.05) is 12.4 Å². The Hall–Kier alpha value is -3.31. The SMILES string of the molecule is COc1cc(F)ccc1-c1ccc2c(c1COc1ccccc1CO)C(C)=CC(C)(C)N2. The van der Waals surface area contributed by atoms with Gasteiger partial charge in [0.15, 0.2) is 0 Å². The molecule has 2 N–H and O–H groups in total. The van der Waals surface area contributed by atoms with Gasteiger partial charge in [0, 0.05) is 34.0 Å². The fourth-order valence-electron chi connectivity index (χ4n) is 4.41. The maximum Gasteiger partial charge on any atom is 0.129 e. The van der Waals surface area contributed by atoms with Crippen molar-refractivity contribution < 1.29 is 19.0 Å². The van der Waals surface area contributed by atoms with Gasteiger partial charge in [-0.15, -0.1) is 0 Å². The van der Waals surface area contributed by atoms with Crippen LogP contribution in [-0.2, 0) is 13.2 Å². The summed E-state index contributed by atoms with van der Waals surface area (Å²) in [5.74, 6) is 0.751. The highest BCUT2D eigenvalue weighted by molar-refractivity contribution is 5.88. The summed E-state index contributed by atoms with van der Waals surface area (Å²) in [7, 11) is 1.54. The van der Waals surface area contributed by atoms with Gasteiger partial charge < -0.3 is 19.9 Å². The van der Waals surface area contributed by atoms with E-state index in [1.807, 2.05) is 30.3 Å². The molecule has 32 heavy (non-hydrogen) atoms. The first-order valence-corrected chi connectivity index (χ1v) is 10.6. The minimum absolute atomic E-state index is 0.101. The molecule has 0 saturated carbocycles. The zero-order valence-corrected chi connectivity index (χ0v) is 18.8. The molecule has 4 rings (SSSR count). The molecule has 0 spiro atoms. The summed E-state index contributed by atoms with van der Waals surface area (Å²) in [6.45, 7) is 6.53. The van der Waals surface area contributed by atoms with E-state index in [0.717, 1.165) is 39.1 Å². The summed E-state index contributed by atoms with van der Waals surface area (Å²) in [5.41, 5.74) is 6.46. The number of allylic oxidation sites excluding steroid dienone is 1. The average molecular weight is 434 g/mol. The van der Waals surface area contributed by atoms with E-state index in [2.05, 4.69) is 38.2 Å². The highest BCUT2D eigenvalue weighted by Gasteiger charge is 2.27. The van der Waals surface area contributed by atoms with Gasteiger partial charge in [-0.2, -0.15) is 0 Å². The van der Waals surface area contributed by atoms with Crippen molar-refractivity contribution in [3.8, 4) is 22.6 Å². The van der Waals surface area contributed by atoms with Crippen molar-refractivity contribution in [3.05, 3.63) is 83.2 Å². The molecule has 3 aromatic carbocycles. The number of benzene rings is 3. The molecule has 166 valence electrons. The lowest BCUT2D eigenvalue weighted by Gasteiger charge is -2.33. The molecule has 0 fully saturated rings. The Morgan fingerprint density at radius 2 is 1.75 bits per heavy atom. The van der Waals surface area contributed by atoms with Crippen LogP contribution in [0.2, 0.25) is 0 Å². The zero-order valence-electron chi connectivity index (χ0n) is 18.8. The standard InChI is InChI=1S/C27H28FNO3/c1-17-14-27(2,3)29-23-12-11-20(21-10-9-19(28)13-25(21)31-4)22(26(17)23)16-32-24-8-6-5-7-18(24)15-30/h5-14,29-30H,15-16H2,1-4H3. The summed E-state index contributed by atoms with van der Waals surface area (Å²) in [6, 6.07) is 16.1. The van der Waals surface area contributed by atoms with Gasteiger partial charge in [-0.25, -0.2) is 4.39 Å². The van der Waals surface area contributed by atoms with E-state index in [0.29, 0.717) is 11.5 Å². The van der Waals surface area contributed by atoms with Gasteiger partial charge in [-0.05, 0) is 56.2 Å². The molecular weight excluding hydrogens is 405 g/mol. The molecule has 0 atom stereocenters. The lowest BCUT2D eigenvalue weighted by Crippen LogP contribution is -2.32. The first kappa shape index (κ1) is 21.9. The van der Waals surface area contributed by atoms with Gasteiger partial charge in [0.25, 0.3) is 0 Å². The van der Waals surface area contributed by atoms with Crippen molar-refractivity contribution >= 4 is 11.3 Å². The molecule has 1 heterocycles. The van der Waals surface area contributed by atoms with Crippen molar-refractivity contribution in [1.82, 2.24) is 0 Å². The quantitative estimate of drug-likeness (QED) is 0.487. The minimum atomic E-state index is -0.349. The predicted octanol–water partition coefficient (Wildman–Crippen LogP) is 6.18. The van der Waals surface area contributed by atoms with Crippen LogP contribution in [0.25, 0.3) is 16.7 Å². The molecule has 5 heteroatoms. The Morgan fingerprint density at radius 1 is 1.00 bits per heavy atom. The van der Waals surface area contributed by atoms with Crippen LogP contribution >= 0.6 is 0 Å². The minimum Gasteiger partial charge on any atom is -0.496 e. The maximum absolute atomic E-state index is 13.9. The summed E-state index contributed by atoms with van der Waals surface area (Å²) in [5, 5.41) is 13.3. The third kappa shape index (κ3) is 4.21. The topological polar surface area (TPSA) is 50.7 Å². The molecule has 0 amide bonds. The third-order valence-electron chi connectivity index (χ3n) is 5.71. The number of hydrogen-bond donors (Lipinski definition) is 2. The van der Waals surface area contributed by atoms with Gasteiger partial charge in [-0.3, -0.25) is 0 Å². The Labute approximate surface area is 188 Å². The zero-order chi connectivity index (χ0) is 22.9. The summed E-state index contributed by atoms with van der Waals surface area (Å²) in [4.78, 5) is 0. The molecule has 1 aliphatic heterocycles. The second-order valence-corrected chi connectivity index (χ2v) is 8.59. The Bertz CT molecular complexity index is 1180. The van der Waals surface area contributed by atoms with E-state index in [1.54, 1.807) is 13.2 Å². The van der Waals surface area contributed by atoms with Crippen LogP contribution in [0.1, 0.15) is 37.5 Å². The van der Waals surface area contributed by atoms with Gasteiger partial charge in [-0.1, -0.05) is 30.3 Å². The molecule has 4 nitrogen and oxygen atoms in total. The van der Waals surface area contributed by atoms with E-state index >= 15 is 0 Å². The number of fused-ring (bicyclic) bond motifs is 1. The molecule has 3 aromatic rings. The van der Waals surface area contributed by atoms with Crippen LogP contribution in [0.3, 0.4) is 0 Å². The number of ether oxygens (including phenoxy) is 2. The van der Waals surface area contributed by atoms with Gasteiger partial charge in [0.05, 0.1) is 19.3 Å². The number of aliphatic hydroxyl groups excluding tert-OH is 1. The lowest BCUT2D eigenvalue weighted by molar-refractivity contribution is 0.259. The molecule has 0 aliphatic carbocycles. The predicted molar refractivity (Wildman–Crippen MR) is 126 cm³/mol. The molecule has 0 bridgehead atoms. The normalized spacial score (nSPS) is 14.2. The van der Waals surface area contributed by atoms with E-state index in [-0.39, 0.29) is 24.6 Å². The van der Waals surface area contributed by atoms with Crippen LogP contribution in [0.5, 0.6) is 11.5 Å². The Balaban J connectivity index is 1.87. The van der Waals surface area contributed by atoms with Crippen LogP contribution < -0.4 is 14.8 Å². The van der Waals surface area contributed by atoms with E-state index in [4.69, 9.17) is 9.47 Å². The Morgan fingerprint density at radius 3 is 2.50 bits per heavy atom. The number of nitrogens with one attached hydrogen (secondary N) is 1. The van der Waals surface area contributed by atoms with Gasteiger partial charge in [0.1, 0.15) is 23.9 Å².